The van der Waals surface area contributed by atoms with Crippen LogP contribution in [0.25, 0.3) is 0 Å². The molecule has 0 atom stereocenters. The maximum atomic E-state index is 13.8. The number of amides is 1. The molecule has 0 unspecified atom stereocenters. The lowest BCUT2D eigenvalue weighted by molar-refractivity contribution is -0.114. The maximum Gasteiger partial charge on any atom is 0.294 e. The van der Waals surface area contributed by atoms with E-state index in [0.29, 0.717) is 35.2 Å². The Hall–Kier alpha value is -2.45. The number of carbonyl (C=O) groups is 1. The molecule has 28 heavy (non-hydrogen) atoms. The van der Waals surface area contributed by atoms with Crippen LogP contribution in [0.5, 0.6) is 0 Å². The minimum atomic E-state index is -0.668. The summed E-state index contributed by atoms with van der Waals surface area (Å²) in [4.78, 5) is 17.8. The highest BCUT2D eigenvalue weighted by molar-refractivity contribution is 6.36. The zero-order valence-electron chi connectivity index (χ0n) is 15.6. The molecule has 0 saturated carbocycles. The van der Waals surface area contributed by atoms with Crippen molar-refractivity contribution in [2.24, 2.45) is 28.1 Å². The molecule has 0 spiro atoms. The predicted octanol–water partition coefficient (Wildman–Crippen LogP) is 2.05. The van der Waals surface area contributed by atoms with Gasteiger partial charge in [-0.15, -0.1) is 0 Å². The highest BCUT2D eigenvalue weighted by atomic mass is 35.5. The van der Waals surface area contributed by atoms with Gasteiger partial charge in [-0.05, 0) is 18.2 Å². The molecule has 152 valence electrons. The fourth-order valence-electron chi connectivity index (χ4n) is 2.46. The molecule has 2 rings (SSSR count). The fourth-order valence-corrected chi connectivity index (χ4v) is 2.96. The first-order valence-corrected chi connectivity index (χ1v) is 9.33. The van der Waals surface area contributed by atoms with Crippen LogP contribution in [-0.2, 0) is 11.3 Å². The van der Waals surface area contributed by atoms with Crippen LogP contribution in [-0.4, -0.2) is 29.7 Å². The number of nitrogens with two attached hydrogens (primary N) is 3. The smallest absolute Gasteiger partial charge is 0.294 e. The number of rotatable bonds is 5. The Bertz CT molecular complexity index is 866. The van der Waals surface area contributed by atoms with Gasteiger partial charge in [-0.2, -0.15) is 4.99 Å². The molecule has 1 aromatic rings. The summed E-state index contributed by atoms with van der Waals surface area (Å²) >= 11 is 12.3. The lowest BCUT2D eigenvalue weighted by Crippen LogP contribution is -2.41. The molecule has 1 aliphatic heterocycles. The summed E-state index contributed by atoms with van der Waals surface area (Å²) in [5.41, 5.74) is 18.4. The van der Waals surface area contributed by atoms with Crippen molar-refractivity contribution in [2.75, 3.05) is 13.1 Å². The van der Waals surface area contributed by atoms with E-state index in [0.717, 1.165) is 0 Å². The van der Waals surface area contributed by atoms with Crippen molar-refractivity contribution in [1.29, 1.82) is 0 Å². The zero-order chi connectivity index (χ0) is 21.0. The van der Waals surface area contributed by atoms with Crippen molar-refractivity contribution >= 4 is 34.9 Å². The monoisotopic (exact) mass is 428 g/mol. The number of hydrogen-bond acceptors (Lipinski definition) is 5. The van der Waals surface area contributed by atoms with Crippen molar-refractivity contribution in [3.05, 3.63) is 56.8 Å². The Morgan fingerprint density at radius 3 is 2.71 bits per heavy atom. The molecular formula is C18H23Cl2FN6O. The Labute approximate surface area is 173 Å². The number of benzene rings is 1. The highest BCUT2D eigenvalue weighted by Gasteiger charge is 2.21. The lowest BCUT2D eigenvalue weighted by atomic mass is 10.1. The molecule has 0 aliphatic carbocycles. The number of hydrogen-bond donors (Lipinski definition) is 4. The molecule has 1 amide bonds. The summed E-state index contributed by atoms with van der Waals surface area (Å²) in [6, 6.07) is 2.63. The second-order valence-corrected chi connectivity index (χ2v) is 7.35. The molecule has 10 heteroatoms. The van der Waals surface area contributed by atoms with Gasteiger partial charge in [0.1, 0.15) is 23.2 Å². The summed E-state index contributed by atoms with van der Waals surface area (Å²) in [6.45, 7) is 4.86. The number of nitrogens with zero attached hydrogens (tertiary/aromatic N) is 2. The van der Waals surface area contributed by atoms with Crippen molar-refractivity contribution in [3.8, 4) is 0 Å². The van der Waals surface area contributed by atoms with E-state index in [-0.39, 0.29) is 29.0 Å². The Morgan fingerprint density at radius 1 is 1.39 bits per heavy atom. The van der Waals surface area contributed by atoms with Gasteiger partial charge in [0.2, 0.25) is 0 Å². The van der Waals surface area contributed by atoms with E-state index >= 15 is 0 Å². The van der Waals surface area contributed by atoms with E-state index in [9.17, 15) is 9.18 Å². The minimum Gasteiger partial charge on any atom is -0.394 e. The van der Waals surface area contributed by atoms with Gasteiger partial charge in [0.05, 0.1) is 10.7 Å². The Morgan fingerprint density at radius 2 is 2.07 bits per heavy atom. The summed E-state index contributed by atoms with van der Waals surface area (Å²) in [6.07, 6.45) is 1.40. The third-order valence-electron chi connectivity index (χ3n) is 4.16. The number of halogens is 3. The number of amidine groups is 1. The van der Waals surface area contributed by atoms with Crippen LogP contribution in [0.1, 0.15) is 19.4 Å². The van der Waals surface area contributed by atoms with Crippen LogP contribution in [0.3, 0.4) is 0 Å². The average molecular weight is 429 g/mol. The van der Waals surface area contributed by atoms with Gasteiger partial charge in [0.25, 0.3) is 5.91 Å². The predicted molar refractivity (Wildman–Crippen MR) is 110 cm³/mol. The topological polar surface area (TPSA) is 123 Å². The van der Waals surface area contributed by atoms with E-state index in [1.54, 1.807) is 4.90 Å². The molecule has 0 fully saturated rings. The van der Waals surface area contributed by atoms with E-state index < -0.39 is 11.7 Å². The van der Waals surface area contributed by atoms with Crippen LogP contribution in [0.4, 0.5) is 4.39 Å². The normalized spacial score (nSPS) is 15.9. The SMILES string of the molecule is CC(C)C(N)=NC(=O)/C(N)=C/C1=C(N)NCCN1Cc1c(Cl)ccc(F)c1Cl. The van der Waals surface area contributed by atoms with Crippen molar-refractivity contribution in [3.63, 3.8) is 0 Å². The molecule has 1 heterocycles. The van der Waals surface area contributed by atoms with Gasteiger partial charge in [-0.1, -0.05) is 37.0 Å². The lowest BCUT2D eigenvalue weighted by Gasteiger charge is -2.32. The minimum absolute atomic E-state index is 0.0636. The molecule has 7 nitrogen and oxygen atoms in total. The second-order valence-electron chi connectivity index (χ2n) is 6.57. The van der Waals surface area contributed by atoms with Gasteiger partial charge in [-0.25, -0.2) is 4.39 Å². The molecule has 1 aromatic carbocycles. The molecule has 7 N–H and O–H groups in total. The number of aliphatic imine (C=N–C) groups is 1. The Balaban J connectivity index is 2.35. The first kappa shape index (κ1) is 21.8. The van der Waals surface area contributed by atoms with Crippen LogP contribution in [0, 0.1) is 11.7 Å². The van der Waals surface area contributed by atoms with Crippen LogP contribution >= 0.6 is 23.2 Å². The first-order chi connectivity index (χ1) is 13.1. The molecule has 1 aliphatic rings. The quantitative estimate of drug-likeness (QED) is 0.246. The summed E-state index contributed by atoms with van der Waals surface area (Å²) in [5, 5.41) is 3.26. The highest BCUT2D eigenvalue weighted by Crippen LogP contribution is 2.30. The average Bonchev–Trinajstić information content (AvgIpc) is 2.64. The van der Waals surface area contributed by atoms with Crippen LogP contribution in [0.15, 0.2) is 40.4 Å². The van der Waals surface area contributed by atoms with Gasteiger partial charge >= 0.3 is 0 Å². The van der Waals surface area contributed by atoms with Crippen molar-refractivity contribution in [1.82, 2.24) is 10.2 Å². The third kappa shape index (κ3) is 5.08. The van der Waals surface area contributed by atoms with Crippen molar-refractivity contribution in [2.45, 2.75) is 20.4 Å². The summed E-state index contributed by atoms with van der Waals surface area (Å²) in [5.74, 6) is -0.838. The molecule has 0 radical (unpaired) electrons. The van der Waals surface area contributed by atoms with Crippen LogP contribution in [0.2, 0.25) is 10.0 Å². The molecule has 0 saturated heterocycles. The van der Waals surface area contributed by atoms with Gasteiger partial charge in [-0.3, -0.25) is 4.79 Å². The standard InChI is InChI=1S/C18H23Cl2FN6O/c1-9(2)16(23)26-18(28)13(22)7-14-17(24)25-5-6-27(14)8-10-11(19)3-4-12(21)15(10)20/h3-4,7,9,25H,5-6,8,22,24H2,1-2H3,(H2,23,26,28)/b13-7-. The van der Waals surface area contributed by atoms with Gasteiger partial charge in [0, 0.05) is 36.1 Å². The summed E-state index contributed by atoms with van der Waals surface area (Å²) in [7, 11) is 0. The van der Waals surface area contributed by atoms with E-state index in [1.165, 1.54) is 18.2 Å². The molecule has 0 aromatic heterocycles. The van der Waals surface area contributed by atoms with E-state index in [2.05, 4.69) is 10.3 Å². The molecular weight excluding hydrogens is 406 g/mol. The second kappa shape index (κ2) is 9.16. The summed E-state index contributed by atoms with van der Waals surface area (Å²) < 4.78 is 13.8. The van der Waals surface area contributed by atoms with Crippen LogP contribution < -0.4 is 22.5 Å². The third-order valence-corrected chi connectivity index (χ3v) is 4.93. The van der Waals surface area contributed by atoms with E-state index in [1.807, 2.05) is 13.8 Å². The number of carbonyl (C=O) groups excluding carboxylic acids is 1. The van der Waals surface area contributed by atoms with Gasteiger partial charge < -0.3 is 27.4 Å². The first-order valence-electron chi connectivity index (χ1n) is 8.58. The van der Waals surface area contributed by atoms with E-state index in [4.69, 9.17) is 40.4 Å². The largest absolute Gasteiger partial charge is 0.394 e. The molecule has 0 bridgehead atoms. The van der Waals surface area contributed by atoms with Crippen molar-refractivity contribution < 1.29 is 9.18 Å². The number of nitrogens with one attached hydrogen (secondary N) is 1. The Kier molecular flexibility index (Phi) is 7.15. The maximum absolute atomic E-state index is 13.8. The number of allylic oxidation sites excluding steroid dienone is 1. The zero-order valence-corrected chi connectivity index (χ0v) is 17.1. The van der Waals surface area contributed by atoms with Gasteiger partial charge in [0.15, 0.2) is 0 Å². The fraction of sp³-hybridized carbons (Fsp3) is 0.333.